The van der Waals surface area contributed by atoms with Crippen LogP contribution < -0.4 is 10.1 Å². The number of carbonyl (C=O) groups excluding carboxylic acids is 1. The van der Waals surface area contributed by atoms with Crippen LogP contribution in [0.4, 0.5) is 5.69 Å². The fourth-order valence-corrected chi connectivity index (χ4v) is 3.61. The summed E-state index contributed by atoms with van der Waals surface area (Å²) in [4.78, 5) is 13.1. The first-order valence-electron chi connectivity index (χ1n) is 10.1. The highest BCUT2D eigenvalue weighted by atomic mass is 16.5. The molecule has 4 heteroatoms. The predicted octanol–water partition coefficient (Wildman–Crippen LogP) is 5.49. The summed E-state index contributed by atoms with van der Waals surface area (Å²) >= 11 is 0. The van der Waals surface area contributed by atoms with Gasteiger partial charge in [-0.15, -0.1) is 0 Å². The molecule has 3 unspecified atom stereocenters. The lowest BCUT2D eigenvalue weighted by atomic mass is 9.78. The van der Waals surface area contributed by atoms with E-state index in [-0.39, 0.29) is 12.0 Å². The lowest BCUT2D eigenvalue weighted by Gasteiger charge is -2.38. The minimum atomic E-state index is -0.687. The molecule has 26 heavy (non-hydrogen) atoms. The highest BCUT2D eigenvalue weighted by Gasteiger charge is 2.42. The molecule has 1 aliphatic rings. The molecule has 0 spiro atoms. The predicted molar refractivity (Wildman–Crippen MR) is 107 cm³/mol. The molecular formula is C22H35NO3. The number of ether oxygens (including phenoxy) is 2. The molecule has 3 atom stereocenters. The Hall–Kier alpha value is -1.55. The van der Waals surface area contributed by atoms with Crippen LogP contribution in [0, 0.1) is 12.8 Å². The third-order valence-electron chi connectivity index (χ3n) is 5.29. The Labute approximate surface area is 158 Å². The Morgan fingerprint density at radius 1 is 1.38 bits per heavy atom. The first kappa shape index (κ1) is 20.8. The molecule has 0 saturated heterocycles. The molecule has 1 amide bonds. The van der Waals surface area contributed by atoms with Crippen LogP contribution in [-0.4, -0.2) is 24.2 Å². The van der Waals surface area contributed by atoms with Gasteiger partial charge < -0.3 is 14.8 Å². The van der Waals surface area contributed by atoms with Crippen LogP contribution in [0.15, 0.2) is 18.2 Å². The van der Waals surface area contributed by atoms with E-state index in [1.165, 1.54) is 6.42 Å². The molecule has 0 aromatic heterocycles. The van der Waals surface area contributed by atoms with Gasteiger partial charge in [0.1, 0.15) is 11.4 Å². The van der Waals surface area contributed by atoms with Crippen molar-refractivity contribution in [3.8, 4) is 5.75 Å². The minimum absolute atomic E-state index is 0.00695. The van der Waals surface area contributed by atoms with E-state index in [1.54, 1.807) is 0 Å². The molecule has 146 valence electrons. The molecule has 2 rings (SSSR count). The van der Waals surface area contributed by atoms with Gasteiger partial charge in [0.2, 0.25) is 0 Å². The zero-order chi connectivity index (χ0) is 19.2. The molecule has 1 N–H and O–H groups in total. The number of nitrogens with one attached hydrogen (secondary N) is 1. The molecule has 0 bridgehead atoms. The number of benzene rings is 1. The Bertz CT molecular complexity index is 601. The monoisotopic (exact) mass is 361 g/mol. The Morgan fingerprint density at radius 3 is 2.77 bits per heavy atom. The Morgan fingerprint density at radius 2 is 2.15 bits per heavy atom. The average Bonchev–Trinajstić information content (AvgIpc) is 2.62. The third-order valence-corrected chi connectivity index (χ3v) is 5.29. The van der Waals surface area contributed by atoms with Crippen molar-refractivity contribution in [1.29, 1.82) is 0 Å². The molecule has 1 saturated carbocycles. The quantitative estimate of drug-likeness (QED) is 0.666. The van der Waals surface area contributed by atoms with Gasteiger partial charge in [-0.05, 0) is 75.6 Å². The van der Waals surface area contributed by atoms with Gasteiger partial charge in [-0.3, -0.25) is 4.79 Å². The maximum atomic E-state index is 13.1. The van der Waals surface area contributed by atoms with Gasteiger partial charge in [-0.1, -0.05) is 27.2 Å². The lowest BCUT2D eigenvalue weighted by molar-refractivity contribution is -0.148. The second kappa shape index (κ2) is 9.40. The van der Waals surface area contributed by atoms with Crippen molar-refractivity contribution in [3.05, 3.63) is 23.8 Å². The summed E-state index contributed by atoms with van der Waals surface area (Å²) in [6, 6.07) is 5.85. The number of rotatable bonds is 8. The fraction of sp³-hybridized carbons (Fsp3) is 0.682. The smallest absolute Gasteiger partial charge is 0.256 e. The zero-order valence-corrected chi connectivity index (χ0v) is 17.1. The highest BCUT2D eigenvalue weighted by molar-refractivity contribution is 5.97. The van der Waals surface area contributed by atoms with E-state index in [0.29, 0.717) is 12.5 Å². The summed E-state index contributed by atoms with van der Waals surface area (Å²) in [6.07, 6.45) is 5.88. The van der Waals surface area contributed by atoms with Gasteiger partial charge in [0.25, 0.3) is 5.91 Å². The SMILES string of the molecule is CCCOC1(C(=O)Nc2ccc(OC(C)CC)c(C)c2)CCCC(C)C1. The molecule has 0 heterocycles. The van der Waals surface area contributed by atoms with Crippen LogP contribution >= 0.6 is 0 Å². The van der Waals surface area contributed by atoms with E-state index in [9.17, 15) is 4.79 Å². The topological polar surface area (TPSA) is 47.6 Å². The summed E-state index contributed by atoms with van der Waals surface area (Å²) in [6.45, 7) is 11.1. The Kier molecular flexibility index (Phi) is 7.51. The van der Waals surface area contributed by atoms with E-state index in [2.05, 4.69) is 33.0 Å². The molecule has 0 aliphatic heterocycles. The number of hydrogen-bond donors (Lipinski definition) is 1. The zero-order valence-electron chi connectivity index (χ0n) is 17.1. The van der Waals surface area contributed by atoms with Crippen LogP contribution in [-0.2, 0) is 9.53 Å². The van der Waals surface area contributed by atoms with Gasteiger partial charge in [0.15, 0.2) is 0 Å². The van der Waals surface area contributed by atoms with Crippen molar-refractivity contribution in [3.63, 3.8) is 0 Å². The molecule has 1 aromatic rings. The second-order valence-corrected chi connectivity index (χ2v) is 7.82. The number of amides is 1. The average molecular weight is 362 g/mol. The van der Waals surface area contributed by atoms with Gasteiger partial charge in [-0.25, -0.2) is 0 Å². The number of carbonyl (C=O) groups is 1. The van der Waals surface area contributed by atoms with E-state index in [4.69, 9.17) is 9.47 Å². The lowest BCUT2D eigenvalue weighted by Crippen LogP contribution is -2.48. The van der Waals surface area contributed by atoms with Crippen molar-refractivity contribution in [2.75, 3.05) is 11.9 Å². The minimum Gasteiger partial charge on any atom is -0.490 e. The third kappa shape index (κ3) is 5.23. The Balaban J connectivity index is 2.12. The van der Waals surface area contributed by atoms with Crippen LogP contribution in [0.2, 0.25) is 0 Å². The normalized spacial score (nSPS) is 24.1. The van der Waals surface area contributed by atoms with Gasteiger partial charge in [0, 0.05) is 12.3 Å². The van der Waals surface area contributed by atoms with Crippen LogP contribution in [0.5, 0.6) is 5.75 Å². The van der Waals surface area contributed by atoms with Crippen LogP contribution in [0.25, 0.3) is 0 Å². The van der Waals surface area contributed by atoms with E-state index >= 15 is 0 Å². The molecule has 1 aromatic carbocycles. The summed E-state index contributed by atoms with van der Waals surface area (Å²) in [7, 11) is 0. The largest absolute Gasteiger partial charge is 0.490 e. The second-order valence-electron chi connectivity index (χ2n) is 7.82. The molecule has 1 fully saturated rings. The number of aryl methyl sites for hydroxylation is 1. The summed E-state index contributed by atoms with van der Waals surface area (Å²) < 4.78 is 12.0. The van der Waals surface area contributed by atoms with Gasteiger partial charge in [-0.2, -0.15) is 0 Å². The summed E-state index contributed by atoms with van der Waals surface area (Å²) in [5.41, 5.74) is 1.15. The van der Waals surface area contributed by atoms with Crippen molar-refractivity contribution < 1.29 is 14.3 Å². The maximum Gasteiger partial charge on any atom is 0.256 e. The van der Waals surface area contributed by atoms with Crippen molar-refractivity contribution in [2.45, 2.75) is 84.8 Å². The van der Waals surface area contributed by atoms with Crippen molar-refractivity contribution >= 4 is 11.6 Å². The first-order chi connectivity index (χ1) is 12.4. The first-order valence-corrected chi connectivity index (χ1v) is 10.1. The van der Waals surface area contributed by atoms with Crippen LogP contribution in [0.3, 0.4) is 0 Å². The van der Waals surface area contributed by atoms with Gasteiger partial charge in [0.05, 0.1) is 6.10 Å². The van der Waals surface area contributed by atoms with Crippen LogP contribution in [0.1, 0.15) is 71.8 Å². The van der Waals surface area contributed by atoms with Crippen molar-refractivity contribution in [2.24, 2.45) is 5.92 Å². The molecular weight excluding hydrogens is 326 g/mol. The molecule has 1 aliphatic carbocycles. The maximum absolute atomic E-state index is 13.1. The fourth-order valence-electron chi connectivity index (χ4n) is 3.61. The molecule has 4 nitrogen and oxygen atoms in total. The standard InChI is InChI=1S/C22H35NO3/c1-6-13-25-22(12-8-9-16(3)15-22)21(24)23-19-10-11-20(17(4)14-19)26-18(5)7-2/h10-11,14,16,18H,6-9,12-13,15H2,1-5H3,(H,23,24). The van der Waals surface area contributed by atoms with E-state index in [0.717, 1.165) is 49.1 Å². The number of hydrogen-bond acceptors (Lipinski definition) is 3. The summed E-state index contributed by atoms with van der Waals surface area (Å²) in [5.74, 6) is 1.38. The van der Waals surface area contributed by atoms with E-state index in [1.807, 2.05) is 25.1 Å². The number of anilines is 1. The van der Waals surface area contributed by atoms with Crippen molar-refractivity contribution in [1.82, 2.24) is 0 Å². The van der Waals surface area contributed by atoms with E-state index < -0.39 is 5.60 Å². The highest BCUT2D eigenvalue weighted by Crippen LogP contribution is 2.36. The molecule has 0 radical (unpaired) electrons. The van der Waals surface area contributed by atoms with Gasteiger partial charge >= 0.3 is 0 Å². The summed E-state index contributed by atoms with van der Waals surface area (Å²) in [5, 5.41) is 3.10.